The lowest BCUT2D eigenvalue weighted by Gasteiger charge is -2.10. The topological polar surface area (TPSA) is 39.9 Å². The molecule has 1 aromatic carbocycles. The van der Waals surface area contributed by atoms with Crippen LogP contribution in [0.2, 0.25) is 5.02 Å². The van der Waals surface area contributed by atoms with Crippen LogP contribution in [-0.4, -0.2) is 20.0 Å². The Morgan fingerprint density at radius 2 is 2.10 bits per heavy atom. The van der Waals surface area contributed by atoms with Crippen LogP contribution in [0.25, 0.3) is 0 Å². The van der Waals surface area contributed by atoms with Gasteiger partial charge in [0, 0.05) is 16.8 Å². The van der Waals surface area contributed by atoms with Gasteiger partial charge in [-0.1, -0.05) is 37.2 Å². The number of aromatic nitrogens is 3. The molecule has 0 fully saturated rings. The zero-order valence-electron chi connectivity index (χ0n) is 12.8. The summed E-state index contributed by atoms with van der Waals surface area (Å²) in [6.07, 6.45) is 0. The summed E-state index contributed by atoms with van der Waals surface area (Å²) in [5, 5.41) is 10.6. The smallest absolute Gasteiger partial charge is 0.191 e. The molecule has 0 saturated carbocycles. The highest BCUT2D eigenvalue weighted by molar-refractivity contribution is 7.99. The van der Waals surface area contributed by atoms with Crippen molar-refractivity contribution in [1.29, 1.82) is 0 Å². The van der Waals surface area contributed by atoms with E-state index in [2.05, 4.69) is 35.5 Å². The first-order chi connectivity index (χ1) is 10.0. The molecule has 2 rings (SSSR count). The van der Waals surface area contributed by atoms with Crippen LogP contribution in [0.3, 0.4) is 0 Å². The summed E-state index contributed by atoms with van der Waals surface area (Å²) in [7, 11) is 0. The van der Waals surface area contributed by atoms with Crippen LogP contribution in [0.5, 0.6) is 5.75 Å². The van der Waals surface area contributed by atoms with Crippen molar-refractivity contribution >= 4 is 23.4 Å². The molecular weight excluding hydrogens is 306 g/mol. The molecule has 1 aromatic heterocycles. The van der Waals surface area contributed by atoms with Crippen LogP contribution >= 0.6 is 23.4 Å². The van der Waals surface area contributed by atoms with Gasteiger partial charge in [0.15, 0.2) is 11.0 Å². The second-order valence-corrected chi connectivity index (χ2v) is 6.96. The highest BCUT2D eigenvalue weighted by Gasteiger charge is 2.13. The van der Waals surface area contributed by atoms with Gasteiger partial charge in [0.1, 0.15) is 12.4 Å². The van der Waals surface area contributed by atoms with Crippen molar-refractivity contribution < 1.29 is 4.74 Å². The number of thioether (sulfide) groups is 1. The molecule has 0 atom stereocenters. The molecule has 0 aliphatic heterocycles. The minimum Gasteiger partial charge on any atom is -0.486 e. The summed E-state index contributed by atoms with van der Waals surface area (Å²) in [6.45, 7) is 9.57. The highest BCUT2D eigenvalue weighted by atomic mass is 35.5. The van der Waals surface area contributed by atoms with Crippen LogP contribution in [0, 0.1) is 6.92 Å². The summed E-state index contributed by atoms with van der Waals surface area (Å²) in [5.41, 5.74) is 1.00. The van der Waals surface area contributed by atoms with Gasteiger partial charge >= 0.3 is 0 Å². The summed E-state index contributed by atoms with van der Waals surface area (Å²) in [4.78, 5) is 0. The lowest BCUT2D eigenvalue weighted by molar-refractivity contribution is 0.288. The standard InChI is InChI=1S/C15H20ClN3OS/c1-5-19-14(17-18-15(19)21-10(2)3)9-20-12-6-7-13(16)11(4)8-12/h6-8,10H,5,9H2,1-4H3. The number of ether oxygens (including phenoxy) is 1. The van der Waals surface area contributed by atoms with E-state index in [1.807, 2.05) is 25.1 Å². The van der Waals surface area contributed by atoms with E-state index in [1.54, 1.807) is 11.8 Å². The molecule has 114 valence electrons. The zero-order chi connectivity index (χ0) is 15.4. The molecule has 2 aromatic rings. The fourth-order valence-electron chi connectivity index (χ4n) is 1.90. The van der Waals surface area contributed by atoms with Gasteiger partial charge in [-0.2, -0.15) is 0 Å². The van der Waals surface area contributed by atoms with Gasteiger partial charge < -0.3 is 9.30 Å². The maximum Gasteiger partial charge on any atom is 0.191 e. The molecule has 4 nitrogen and oxygen atoms in total. The van der Waals surface area contributed by atoms with Gasteiger partial charge in [-0.05, 0) is 37.6 Å². The fourth-order valence-corrected chi connectivity index (χ4v) is 2.89. The lowest BCUT2D eigenvalue weighted by Crippen LogP contribution is -2.07. The third-order valence-corrected chi connectivity index (χ3v) is 4.36. The first-order valence-electron chi connectivity index (χ1n) is 6.99. The Morgan fingerprint density at radius 3 is 2.71 bits per heavy atom. The van der Waals surface area contributed by atoms with E-state index in [0.29, 0.717) is 11.9 Å². The monoisotopic (exact) mass is 325 g/mol. The van der Waals surface area contributed by atoms with Crippen molar-refractivity contribution in [3.63, 3.8) is 0 Å². The maximum absolute atomic E-state index is 6.01. The quantitative estimate of drug-likeness (QED) is 0.741. The second-order valence-electron chi connectivity index (χ2n) is 5.01. The third-order valence-electron chi connectivity index (χ3n) is 2.95. The number of nitrogens with zero attached hydrogens (tertiary/aromatic N) is 3. The molecule has 0 bridgehead atoms. The van der Waals surface area contributed by atoms with Gasteiger partial charge in [-0.3, -0.25) is 0 Å². The van der Waals surface area contributed by atoms with Crippen LogP contribution in [0.15, 0.2) is 23.4 Å². The molecule has 0 unspecified atom stereocenters. The molecule has 6 heteroatoms. The molecular formula is C15H20ClN3OS. The normalized spacial score (nSPS) is 11.1. The van der Waals surface area contributed by atoms with Crippen LogP contribution < -0.4 is 4.74 Å². The Kier molecular flexibility index (Phi) is 5.53. The predicted octanol–water partition coefficient (Wildman–Crippen LogP) is 4.34. The summed E-state index contributed by atoms with van der Waals surface area (Å²) >= 11 is 7.73. The minimum absolute atomic E-state index is 0.403. The van der Waals surface area contributed by atoms with Crippen LogP contribution in [0.1, 0.15) is 32.2 Å². The largest absolute Gasteiger partial charge is 0.486 e. The predicted molar refractivity (Wildman–Crippen MR) is 87.2 cm³/mol. The number of hydrogen-bond donors (Lipinski definition) is 0. The van der Waals surface area contributed by atoms with E-state index in [1.165, 1.54) is 0 Å². The molecule has 0 aliphatic carbocycles. The van der Waals surface area contributed by atoms with Gasteiger partial charge in [0.05, 0.1) is 0 Å². The number of aryl methyl sites for hydroxylation is 1. The van der Waals surface area contributed by atoms with E-state index in [4.69, 9.17) is 16.3 Å². The first kappa shape index (κ1) is 16.2. The molecule has 0 radical (unpaired) electrons. The minimum atomic E-state index is 0.403. The molecule has 0 amide bonds. The van der Waals surface area contributed by atoms with Crippen molar-refractivity contribution in [2.45, 2.75) is 51.3 Å². The van der Waals surface area contributed by atoms with Crippen LogP contribution in [-0.2, 0) is 13.2 Å². The fraction of sp³-hybridized carbons (Fsp3) is 0.467. The summed E-state index contributed by atoms with van der Waals surface area (Å²) in [6, 6.07) is 5.64. The van der Waals surface area contributed by atoms with E-state index >= 15 is 0 Å². The SMILES string of the molecule is CCn1c(COc2ccc(Cl)c(C)c2)nnc1SC(C)C. The van der Waals surface area contributed by atoms with Gasteiger partial charge in [-0.25, -0.2) is 0 Å². The number of rotatable bonds is 6. The Bertz CT molecular complexity index is 613. The van der Waals surface area contributed by atoms with Crippen molar-refractivity contribution in [3.8, 4) is 5.75 Å². The van der Waals surface area contributed by atoms with Crippen LogP contribution in [0.4, 0.5) is 0 Å². The van der Waals surface area contributed by atoms with E-state index in [0.717, 1.165) is 33.9 Å². The average molecular weight is 326 g/mol. The van der Waals surface area contributed by atoms with Crippen molar-refractivity contribution in [1.82, 2.24) is 14.8 Å². The van der Waals surface area contributed by atoms with E-state index in [9.17, 15) is 0 Å². The first-order valence-corrected chi connectivity index (χ1v) is 8.24. The van der Waals surface area contributed by atoms with Gasteiger partial charge in [0.2, 0.25) is 0 Å². The molecule has 0 saturated heterocycles. The van der Waals surface area contributed by atoms with Crippen molar-refractivity contribution in [2.24, 2.45) is 0 Å². The number of benzene rings is 1. The second kappa shape index (κ2) is 7.18. The average Bonchev–Trinajstić information content (AvgIpc) is 2.81. The summed E-state index contributed by atoms with van der Waals surface area (Å²) < 4.78 is 7.89. The molecule has 0 spiro atoms. The highest BCUT2D eigenvalue weighted by Crippen LogP contribution is 2.24. The molecule has 0 aliphatic rings. The lowest BCUT2D eigenvalue weighted by atomic mass is 10.2. The Hall–Kier alpha value is -1.20. The number of hydrogen-bond acceptors (Lipinski definition) is 4. The van der Waals surface area contributed by atoms with Gasteiger partial charge in [-0.15, -0.1) is 10.2 Å². The molecule has 1 heterocycles. The van der Waals surface area contributed by atoms with E-state index < -0.39 is 0 Å². The summed E-state index contributed by atoms with van der Waals surface area (Å²) in [5.74, 6) is 1.63. The van der Waals surface area contributed by atoms with E-state index in [-0.39, 0.29) is 0 Å². The number of halogens is 1. The Labute approximate surface area is 134 Å². The maximum atomic E-state index is 6.01. The van der Waals surface area contributed by atoms with Crippen molar-refractivity contribution in [3.05, 3.63) is 34.6 Å². The van der Waals surface area contributed by atoms with Gasteiger partial charge in [0.25, 0.3) is 0 Å². The Balaban J connectivity index is 2.09. The zero-order valence-corrected chi connectivity index (χ0v) is 14.3. The Morgan fingerprint density at radius 1 is 1.33 bits per heavy atom. The molecule has 0 N–H and O–H groups in total. The molecule has 21 heavy (non-hydrogen) atoms. The third kappa shape index (κ3) is 4.14. The van der Waals surface area contributed by atoms with Crippen molar-refractivity contribution in [2.75, 3.05) is 0 Å².